The second kappa shape index (κ2) is 9.58. The van der Waals surface area contributed by atoms with Gasteiger partial charge in [0.1, 0.15) is 17.6 Å². The molecule has 0 fully saturated rings. The van der Waals surface area contributed by atoms with E-state index in [0.717, 1.165) is 30.2 Å². The molecule has 0 aliphatic carbocycles. The number of methoxy groups -OCH3 is 3. The van der Waals surface area contributed by atoms with Crippen LogP contribution in [0, 0.1) is 0 Å². The monoisotopic (exact) mass is 283 g/mol. The van der Waals surface area contributed by atoms with Crippen LogP contribution in [-0.4, -0.2) is 47.2 Å². The van der Waals surface area contributed by atoms with E-state index in [-0.39, 0.29) is 6.10 Å². The third kappa shape index (κ3) is 5.77. The lowest BCUT2D eigenvalue weighted by molar-refractivity contribution is 0.0911. The summed E-state index contributed by atoms with van der Waals surface area (Å²) in [5.74, 6) is 1.60. The van der Waals surface area contributed by atoms with Crippen molar-refractivity contribution in [3.8, 4) is 11.5 Å². The summed E-state index contributed by atoms with van der Waals surface area (Å²) in [6.07, 6.45) is -0.00942. The molecule has 0 bridgehead atoms. The van der Waals surface area contributed by atoms with E-state index in [2.05, 4.69) is 5.32 Å². The lowest BCUT2D eigenvalue weighted by atomic mass is 10.2. The zero-order chi connectivity index (χ0) is 14.8. The Kier molecular flexibility index (Phi) is 8.02. The van der Waals surface area contributed by atoms with Gasteiger partial charge in [-0.05, 0) is 13.0 Å². The van der Waals surface area contributed by atoms with Gasteiger partial charge < -0.3 is 24.3 Å². The average Bonchev–Trinajstić information content (AvgIpc) is 2.45. The van der Waals surface area contributed by atoms with E-state index >= 15 is 0 Å². The molecule has 1 N–H and O–H groups in total. The fourth-order valence-electron chi connectivity index (χ4n) is 1.80. The number of hydrogen-bond donors (Lipinski definition) is 1. The standard InChI is InChI=1S/C15H25NO4/c1-12(11-18-3)20-15-9-14(19-4)6-5-13(15)10-16-7-8-17-2/h5-6,9,12,16H,7-8,10-11H2,1-4H3. The Morgan fingerprint density at radius 2 is 1.95 bits per heavy atom. The van der Waals surface area contributed by atoms with Crippen molar-refractivity contribution in [1.82, 2.24) is 5.32 Å². The van der Waals surface area contributed by atoms with E-state index in [9.17, 15) is 0 Å². The molecule has 1 aromatic carbocycles. The number of hydrogen-bond acceptors (Lipinski definition) is 5. The minimum atomic E-state index is -0.00942. The zero-order valence-corrected chi connectivity index (χ0v) is 12.8. The highest BCUT2D eigenvalue weighted by molar-refractivity contribution is 5.40. The van der Waals surface area contributed by atoms with Gasteiger partial charge in [0.05, 0.1) is 20.3 Å². The fourth-order valence-corrected chi connectivity index (χ4v) is 1.80. The van der Waals surface area contributed by atoms with Gasteiger partial charge in [-0.15, -0.1) is 0 Å². The van der Waals surface area contributed by atoms with Crippen LogP contribution in [0.25, 0.3) is 0 Å². The first kappa shape index (κ1) is 16.8. The molecule has 0 aliphatic rings. The van der Waals surface area contributed by atoms with E-state index in [1.807, 2.05) is 25.1 Å². The summed E-state index contributed by atoms with van der Waals surface area (Å²) in [6.45, 7) is 4.74. The van der Waals surface area contributed by atoms with Gasteiger partial charge in [0.25, 0.3) is 0 Å². The van der Waals surface area contributed by atoms with Crippen LogP contribution in [0.4, 0.5) is 0 Å². The molecule has 1 aromatic rings. The van der Waals surface area contributed by atoms with Crippen LogP contribution in [-0.2, 0) is 16.0 Å². The predicted molar refractivity (Wildman–Crippen MR) is 78.5 cm³/mol. The van der Waals surface area contributed by atoms with E-state index in [1.165, 1.54) is 0 Å². The molecule has 114 valence electrons. The van der Waals surface area contributed by atoms with Gasteiger partial charge in [-0.1, -0.05) is 6.07 Å². The van der Waals surface area contributed by atoms with Crippen molar-refractivity contribution in [3.63, 3.8) is 0 Å². The molecular formula is C15H25NO4. The molecular weight excluding hydrogens is 258 g/mol. The van der Waals surface area contributed by atoms with Crippen LogP contribution in [0.1, 0.15) is 12.5 Å². The second-order valence-electron chi connectivity index (χ2n) is 4.53. The highest BCUT2D eigenvalue weighted by Crippen LogP contribution is 2.25. The molecule has 5 heteroatoms. The van der Waals surface area contributed by atoms with Crippen molar-refractivity contribution in [1.29, 1.82) is 0 Å². The van der Waals surface area contributed by atoms with Gasteiger partial charge in [-0.25, -0.2) is 0 Å². The third-order valence-electron chi connectivity index (χ3n) is 2.80. The third-order valence-corrected chi connectivity index (χ3v) is 2.80. The van der Waals surface area contributed by atoms with Crippen molar-refractivity contribution in [2.45, 2.75) is 19.6 Å². The summed E-state index contributed by atoms with van der Waals surface area (Å²) < 4.78 is 21.3. The van der Waals surface area contributed by atoms with Crippen LogP contribution < -0.4 is 14.8 Å². The van der Waals surface area contributed by atoms with Gasteiger partial charge in [-0.2, -0.15) is 0 Å². The van der Waals surface area contributed by atoms with E-state index in [4.69, 9.17) is 18.9 Å². The van der Waals surface area contributed by atoms with Crippen LogP contribution in [0.5, 0.6) is 11.5 Å². The summed E-state index contributed by atoms with van der Waals surface area (Å²) >= 11 is 0. The molecule has 5 nitrogen and oxygen atoms in total. The highest BCUT2D eigenvalue weighted by atomic mass is 16.5. The first-order valence-corrected chi connectivity index (χ1v) is 6.73. The quantitative estimate of drug-likeness (QED) is 0.664. The van der Waals surface area contributed by atoms with E-state index in [0.29, 0.717) is 13.2 Å². The molecule has 1 atom stereocenters. The number of benzene rings is 1. The maximum absolute atomic E-state index is 5.91. The maximum atomic E-state index is 5.91. The average molecular weight is 283 g/mol. The van der Waals surface area contributed by atoms with Crippen LogP contribution in [0.3, 0.4) is 0 Å². The van der Waals surface area contributed by atoms with Crippen molar-refractivity contribution in [2.75, 3.05) is 41.1 Å². The molecule has 0 amide bonds. The number of rotatable bonds is 10. The molecule has 0 aliphatic heterocycles. The highest BCUT2D eigenvalue weighted by Gasteiger charge is 2.10. The lowest BCUT2D eigenvalue weighted by Gasteiger charge is -2.18. The zero-order valence-electron chi connectivity index (χ0n) is 12.8. The minimum absolute atomic E-state index is 0.00942. The Bertz CT molecular complexity index is 384. The summed E-state index contributed by atoms with van der Waals surface area (Å²) in [7, 11) is 5.00. The summed E-state index contributed by atoms with van der Waals surface area (Å²) in [5, 5.41) is 3.31. The Hall–Kier alpha value is -1.30. The van der Waals surface area contributed by atoms with Gasteiger partial charge in [0.2, 0.25) is 0 Å². The Morgan fingerprint density at radius 1 is 1.15 bits per heavy atom. The van der Waals surface area contributed by atoms with E-state index < -0.39 is 0 Å². The smallest absolute Gasteiger partial charge is 0.128 e. The molecule has 1 rings (SSSR count). The van der Waals surface area contributed by atoms with Gasteiger partial charge in [-0.3, -0.25) is 0 Å². The van der Waals surface area contributed by atoms with Crippen molar-refractivity contribution in [2.24, 2.45) is 0 Å². The molecule has 0 spiro atoms. The molecule has 0 saturated heterocycles. The first-order chi connectivity index (χ1) is 9.71. The van der Waals surface area contributed by atoms with Crippen molar-refractivity contribution in [3.05, 3.63) is 23.8 Å². The van der Waals surface area contributed by atoms with E-state index in [1.54, 1.807) is 21.3 Å². The molecule has 0 heterocycles. The van der Waals surface area contributed by atoms with Crippen molar-refractivity contribution >= 4 is 0 Å². The van der Waals surface area contributed by atoms with Crippen molar-refractivity contribution < 1.29 is 18.9 Å². The SMILES string of the molecule is COCCNCc1ccc(OC)cc1OC(C)COC. The Morgan fingerprint density at radius 3 is 2.60 bits per heavy atom. The summed E-state index contributed by atoms with van der Waals surface area (Å²) in [4.78, 5) is 0. The van der Waals surface area contributed by atoms with Crippen LogP contribution in [0.2, 0.25) is 0 Å². The first-order valence-electron chi connectivity index (χ1n) is 6.73. The minimum Gasteiger partial charge on any atom is -0.497 e. The van der Waals surface area contributed by atoms with Crippen LogP contribution in [0.15, 0.2) is 18.2 Å². The summed E-state index contributed by atoms with van der Waals surface area (Å²) in [5.41, 5.74) is 1.09. The van der Waals surface area contributed by atoms with Gasteiger partial charge >= 0.3 is 0 Å². The van der Waals surface area contributed by atoms with Gasteiger partial charge in [0, 0.05) is 38.9 Å². The molecule has 0 aromatic heterocycles. The maximum Gasteiger partial charge on any atom is 0.128 e. The van der Waals surface area contributed by atoms with Gasteiger partial charge in [0.15, 0.2) is 0 Å². The number of nitrogens with one attached hydrogen (secondary N) is 1. The Balaban J connectivity index is 2.70. The largest absolute Gasteiger partial charge is 0.497 e. The fraction of sp³-hybridized carbons (Fsp3) is 0.600. The molecule has 1 unspecified atom stereocenters. The topological polar surface area (TPSA) is 49.0 Å². The Labute approximate surface area is 121 Å². The summed E-state index contributed by atoms with van der Waals surface area (Å²) in [6, 6.07) is 5.84. The molecule has 0 radical (unpaired) electrons. The molecule has 0 saturated carbocycles. The number of ether oxygens (including phenoxy) is 4. The second-order valence-corrected chi connectivity index (χ2v) is 4.53. The molecule has 20 heavy (non-hydrogen) atoms. The predicted octanol–water partition coefficient (Wildman–Crippen LogP) is 1.84. The van der Waals surface area contributed by atoms with Crippen LogP contribution >= 0.6 is 0 Å². The lowest BCUT2D eigenvalue weighted by Crippen LogP contribution is -2.21. The normalized spacial score (nSPS) is 12.2.